The van der Waals surface area contributed by atoms with Crippen molar-refractivity contribution in [3.8, 4) is 17.2 Å². The molecule has 1 heterocycles. The second-order valence-corrected chi connectivity index (χ2v) is 8.65. The summed E-state index contributed by atoms with van der Waals surface area (Å²) in [7, 11) is 4.76. The molecule has 0 spiro atoms. The molecule has 2 aromatic carbocycles. The van der Waals surface area contributed by atoms with Crippen LogP contribution >= 0.6 is 0 Å². The van der Waals surface area contributed by atoms with Gasteiger partial charge in [-0.3, -0.25) is 9.59 Å². The molecule has 2 amide bonds. The Bertz CT molecular complexity index is 1000. The minimum Gasteiger partial charge on any atom is -0.497 e. The van der Waals surface area contributed by atoms with Crippen LogP contribution in [0.15, 0.2) is 42.5 Å². The highest BCUT2D eigenvalue weighted by Crippen LogP contribution is 2.37. The molecule has 1 atom stereocenters. The van der Waals surface area contributed by atoms with Crippen LogP contribution in [0, 0.1) is 0 Å². The lowest BCUT2D eigenvalue weighted by Crippen LogP contribution is -2.58. The maximum absolute atomic E-state index is 13.9. The lowest BCUT2D eigenvalue weighted by Gasteiger charge is -2.44. The second kappa shape index (κ2) is 10.1. The van der Waals surface area contributed by atoms with E-state index >= 15 is 0 Å². The van der Waals surface area contributed by atoms with Gasteiger partial charge in [-0.05, 0) is 48.2 Å². The summed E-state index contributed by atoms with van der Waals surface area (Å²) in [4.78, 5) is 30.8. The largest absolute Gasteiger partial charge is 0.497 e. The van der Waals surface area contributed by atoms with E-state index in [9.17, 15) is 9.59 Å². The number of piperazine rings is 1. The number of hydrogen-bond acceptors (Lipinski definition) is 5. The summed E-state index contributed by atoms with van der Waals surface area (Å²) >= 11 is 0. The first-order valence-electron chi connectivity index (χ1n) is 11.5. The summed E-state index contributed by atoms with van der Waals surface area (Å²) in [5, 5.41) is 0. The molecular formula is C26H32N2O5. The first-order valence-corrected chi connectivity index (χ1v) is 11.5. The van der Waals surface area contributed by atoms with Crippen molar-refractivity contribution < 1.29 is 23.8 Å². The smallest absolute Gasteiger partial charge is 0.250 e. The third kappa shape index (κ3) is 4.77. The summed E-state index contributed by atoms with van der Waals surface area (Å²) in [6.45, 7) is 0.441. The molecule has 0 N–H and O–H groups in total. The third-order valence-corrected chi connectivity index (χ3v) is 6.68. The lowest BCUT2D eigenvalue weighted by atomic mass is 9.91. The summed E-state index contributed by atoms with van der Waals surface area (Å²) in [6, 6.07) is 12.4. The molecule has 33 heavy (non-hydrogen) atoms. The van der Waals surface area contributed by atoms with Crippen LogP contribution < -0.4 is 14.2 Å². The molecule has 1 unspecified atom stereocenters. The molecule has 7 nitrogen and oxygen atoms in total. The second-order valence-electron chi connectivity index (χ2n) is 8.65. The van der Waals surface area contributed by atoms with Crippen LogP contribution in [0.3, 0.4) is 0 Å². The van der Waals surface area contributed by atoms with Crippen molar-refractivity contribution in [2.24, 2.45) is 0 Å². The highest BCUT2D eigenvalue weighted by atomic mass is 16.5. The molecule has 1 aliphatic heterocycles. The number of rotatable bonds is 7. The Hall–Kier alpha value is -3.22. The van der Waals surface area contributed by atoms with Gasteiger partial charge in [0.1, 0.15) is 18.3 Å². The molecule has 1 saturated heterocycles. The maximum Gasteiger partial charge on any atom is 0.250 e. The van der Waals surface area contributed by atoms with Crippen molar-refractivity contribution in [2.45, 2.75) is 50.7 Å². The fraction of sp³-hybridized carbons (Fsp3) is 0.462. The molecule has 0 aromatic heterocycles. The Kier molecular flexibility index (Phi) is 7.06. The minimum absolute atomic E-state index is 0.0309. The third-order valence-electron chi connectivity index (χ3n) is 6.68. The van der Waals surface area contributed by atoms with E-state index in [0.29, 0.717) is 18.0 Å². The number of carbonyl (C=O) groups is 2. The molecule has 4 rings (SSSR count). The average molecular weight is 453 g/mol. The fourth-order valence-corrected chi connectivity index (χ4v) is 4.94. The first-order chi connectivity index (χ1) is 16.0. The summed E-state index contributed by atoms with van der Waals surface area (Å²) in [5.41, 5.74) is 1.63. The van der Waals surface area contributed by atoms with E-state index in [-0.39, 0.29) is 24.4 Å². The van der Waals surface area contributed by atoms with Crippen LogP contribution in [-0.2, 0) is 16.1 Å². The van der Waals surface area contributed by atoms with Gasteiger partial charge >= 0.3 is 0 Å². The lowest BCUT2D eigenvalue weighted by molar-refractivity contribution is -0.160. The number of methoxy groups -OCH3 is 3. The Labute approximate surface area is 195 Å². The van der Waals surface area contributed by atoms with E-state index in [4.69, 9.17) is 14.2 Å². The predicted molar refractivity (Wildman–Crippen MR) is 124 cm³/mol. The number of carbonyl (C=O) groups excluding carboxylic acids is 2. The average Bonchev–Trinajstić information content (AvgIpc) is 2.86. The quantitative estimate of drug-likeness (QED) is 0.636. The molecule has 7 heteroatoms. The fourth-order valence-electron chi connectivity index (χ4n) is 4.94. The monoisotopic (exact) mass is 452 g/mol. The molecule has 2 aliphatic rings. The zero-order valence-corrected chi connectivity index (χ0v) is 19.6. The van der Waals surface area contributed by atoms with E-state index in [0.717, 1.165) is 42.6 Å². The SMILES string of the molecule is COc1cccc(CN2C(=O)CN(C3CCCCC3)C(=O)C2c2ccc(OC)c(OC)c2)c1. The van der Waals surface area contributed by atoms with E-state index in [1.54, 1.807) is 38.4 Å². The highest BCUT2D eigenvalue weighted by Gasteiger charge is 2.43. The zero-order chi connectivity index (χ0) is 23.4. The summed E-state index contributed by atoms with van der Waals surface area (Å²) in [6.07, 6.45) is 5.28. The van der Waals surface area contributed by atoms with Crippen LogP contribution in [-0.4, -0.2) is 55.5 Å². The molecule has 0 bridgehead atoms. The Morgan fingerprint density at radius 2 is 1.64 bits per heavy atom. The number of benzene rings is 2. The van der Waals surface area contributed by atoms with Gasteiger partial charge in [0.25, 0.3) is 5.91 Å². The van der Waals surface area contributed by atoms with Crippen molar-refractivity contribution in [1.82, 2.24) is 9.80 Å². The van der Waals surface area contributed by atoms with Gasteiger partial charge < -0.3 is 24.0 Å². The summed E-state index contributed by atoms with van der Waals surface area (Å²) < 4.78 is 16.2. The van der Waals surface area contributed by atoms with Crippen molar-refractivity contribution in [3.63, 3.8) is 0 Å². The number of amides is 2. The van der Waals surface area contributed by atoms with Crippen LogP contribution in [0.25, 0.3) is 0 Å². The number of hydrogen-bond donors (Lipinski definition) is 0. The minimum atomic E-state index is -0.723. The van der Waals surface area contributed by atoms with Crippen molar-refractivity contribution >= 4 is 11.8 Å². The standard InChI is InChI=1S/C26H32N2O5/c1-31-21-11-7-8-18(14-21)16-28-24(29)17-27(20-9-5-4-6-10-20)26(30)25(28)19-12-13-22(32-2)23(15-19)33-3/h7-8,11-15,20,25H,4-6,9-10,16-17H2,1-3H3. The summed E-state index contributed by atoms with van der Waals surface area (Å²) in [5.74, 6) is 1.75. The van der Waals surface area contributed by atoms with E-state index in [1.807, 2.05) is 35.2 Å². The van der Waals surface area contributed by atoms with Gasteiger partial charge in [-0.2, -0.15) is 0 Å². The zero-order valence-electron chi connectivity index (χ0n) is 19.6. The molecule has 0 radical (unpaired) electrons. The Morgan fingerprint density at radius 1 is 0.879 bits per heavy atom. The van der Waals surface area contributed by atoms with Crippen molar-refractivity contribution in [3.05, 3.63) is 53.6 Å². The first kappa shape index (κ1) is 23.0. The number of ether oxygens (including phenoxy) is 3. The van der Waals surface area contributed by atoms with Gasteiger partial charge in [0.05, 0.1) is 21.3 Å². The van der Waals surface area contributed by atoms with Gasteiger partial charge in [0.2, 0.25) is 5.91 Å². The van der Waals surface area contributed by atoms with Crippen LogP contribution in [0.1, 0.15) is 49.3 Å². The van der Waals surface area contributed by atoms with Crippen LogP contribution in [0.2, 0.25) is 0 Å². The van der Waals surface area contributed by atoms with E-state index < -0.39 is 6.04 Å². The Balaban J connectivity index is 1.72. The van der Waals surface area contributed by atoms with Crippen LogP contribution in [0.4, 0.5) is 0 Å². The van der Waals surface area contributed by atoms with Gasteiger partial charge in [0, 0.05) is 12.6 Å². The van der Waals surface area contributed by atoms with Gasteiger partial charge in [0.15, 0.2) is 11.5 Å². The van der Waals surface area contributed by atoms with E-state index in [1.165, 1.54) is 6.42 Å². The van der Waals surface area contributed by atoms with Crippen molar-refractivity contribution in [2.75, 3.05) is 27.9 Å². The van der Waals surface area contributed by atoms with Crippen LogP contribution in [0.5, 0.6) is 17.2 Å². The normalized spacial score (nSPS) is 19.5. The topological polar surface area (TPSA) is 68.3 Å². The Morgan fingerprint density at radius 3 is 2.33 bits per heavy atom. The number of nitrogens with zero attached hydrogens (tertiary/aromatic N) is 2. The maximum atomic E-state index is 13.9. The van der Waals surface area contributed by atoms with E-state index in [2.05, 4.69) is 0 Å². The molecule has 1 saturated carbocycles. The molecule has 176 valence electrons. The predicted octanol–water partition coefficient (Wildman–Crippen LogP) is 3.96. The van der Waals surface area contributed by atoms with Gasteiger partial charge in [-0.1, -0.05) is 37.5 Å². The molecular weight excluding hydrogens is 420 g/mol. The highest BCUT2D eigenvalue weighted by molar-refractivity contribution is 5.96. The van der Waals surface area contributed by atoms with Gasteiger partial charge in [-0.15, -0.1) is 0 Å². The molecule has 2 aromatic rings. The van der Waals surface area contributed by atoms with Crippen molar-refractivity contribution in [1.29, 1.82) is 0 Å². The molecule has 1 aliphatic carbocycles. The molecule has 2 fully saturated rings. The van der Waals surface area contributed by atoms with Gasteiger partial charge in [-0.25, -0.2) is 0 Å².